The molecule has 0 amide bonds. The lowest BCUT2D eigenvalue weighted by molar-refractivity contribution is 0.165. The Hall–Kier alpha value is -2.19. The van der Waals surface area contributed by atoms with E-state index in [2.05, 4.69) is 29.2 Å². The first-order chi connectivity index (χ1) is 10.3. The lowest BCUT2D eigenvalue weighted by atomic mass is 10.0. The number of benzene rings is 2. The molecule has 0 aliphatic heterocycles. The van der Waals surface area contributed by atoms with Gasteiger partial charge in [-0.15, -0.1) is 0 Å². The summed E-state index contributed by atoms with van der Waals surface area (Å²) in [6, 6.07) is 20.4. The monoisotopic (exact) mass is 277 g/mol. The number of hydrogen-bond acceptors (Lipinski definition) is 2. The highest BCUT2D eigenvalue weighted by Gasteiger charge is 2.08. The molecule has 0 aliphatic rings. The van der Waals surface area contributed by atoms with Crippen molar-refractivity contribution in [3.05, 3.63) is 78.0 Å². The maximum absolute atomic E-state index is 10.3. The summed E-state index contributed by atoms with van der Waals surface area (Å²) in [5, 5.41) is 11.4. The molecule has 1 aromatic heterocycles. The lowest BCUT2D eigenvalue weighted by Crippen LogP contribution is -1.99. The predicted octanol–water partition coefficient (Wildman–Crippen LogP) is 4.29. The molecule has 0 bridgehead atoms. The van der Waals surface area contributed by atoms with Gasteiger partial charge in [-0.1, -0.05) is 48.5 Å². The van der Waals surface area contributed by atoms with E-state index >= 15 is 0 Å². The number of aliphatic hydroxyl groups excluding tert-OH is 1. The first kappa shape index (κ1) is 13.8. The van der Waals surface area contributed by atoms with Crippen molar-refractivity contribution in [2.24, 2.45) is 0 Å². The fraction of sp³-hybridized carbons (Fsp3) is 0.211. The molecule has 2 heteroatoms. The molecule has 0 fully saturated rings. The molecule has 3 aromatic rings. The van der Waals surface area contributed by atoms with Crippen LogP contribution in [-0.2, 0) is 6.42 Å². The van der Waals surface area contributed by atoms with Crippen LogP contribution in [0.15, 0.2) is 66.9 Å². The average Bonchev–Trinajstić information content (AvgIpc) is 2.55. The Bertz CT molecular complexity index is 709. The summed E-state index contributed by atoms with van der Waals surface area (Å²) in [6.07, 6.45) is 4.12. The molecule has 21 heavy (non-hydrogen) atoms. The topological polar surface area (TPSA) is 33.1 Å². The number of pyridine rings is 1. The quantitative estimate of drug-likeness (QED) is 0.754. The van der Waals surface area contributed by atoms with Crippen LogP contribution in [0.3, 0.4) is 0 Å². The van der Waals surface area contributed by atoms with Gasteiger partial charge >= 0.3 is 0 Å². The molecular weight excluding hydrogens is 258 g/mol. The molecule has 0 spiro atoms. The van der Waals surface area contributed by atoms with Gasteiger partial charge in [0, 0.05) is 11.6 Å². The molecule has 2 aromatic carbocycles. The largest absolute Gasteiger partial charge is 0.388 e. The van der Waals surface area contributed by atoms with E-state index in [9.17, 15) is 5.11 Å². The van der Waals surface area contributed by atoms with Crippen molar-refractivity contribution in [2.45, 2.75) is 25.4 Å². The molecular formula is C19H19NO. The first-order valence-corrected chi connectivity index (χ1v) is 7.39. The third-order valence-corrected chi connectivity index (χ3v) is 3.80. The summed E-state index contributed by atoms with van der Waals surface area (Å²) < 4.78 is 0. The zero-order chi connectivity index (χ0) is 14.5. The summed E-state index contributed by atoms with van der Waals surface area (Å²) >= 11 is 0. The summed E-state index contributed by atoms with van der Waals surface area (Å²) in [6.45, 7) is 0. The molecule has 3 rings (SSSR count). The van der Waals surface area contributed by atoms with E-state index in [0.29, 0.717) is 0 Å². The molecule has 1 unspecified atom stereocenters. The van der Waals surface area contributed by atoms with Gasteiger partial charge < -0.3 is 5.11 Å². The van der Waals surface area contributed by atoms with Crippen molar-refractivity contribution < 1.29 is 5.11 Å². The predicted molar refractivity (Wildman–Crippen MR) is 86.1 cm³/mol. The van der Waals surface area contributed by atoms with Crippen molar-refractivity contribution in [1.29, 1.82) is 0 Å². The zero-order valence-electron chi connectivity index (χ0n) is 11.9. The fourth-order valence-corrected chi connectivity index (χ4v) is 2.60. The van der Waals surface area contributed by atoms with Crippen LogP contribution in [0.1, 0.15) is 30.1 Å². The van der Waals surface area contributed by atoms with Crippen LogP contribution in [0.4, 0.5) is 0 Å². The fourth-order valence-electron chi connectivity index (χ4n) is 2.60. The Balaban J connectivity index is 1.62. The van der Waals surface area contributed by atoms with Gasteiger partial charge in [0.2, 0.25) is 0 Å². The highest BCUT2D eigenvalue weighted by atomic mass is 16.3. The normalized spacial score (nSPS) is 12.4. The average molecular weight is 277 g/mol. The van der Waals surface area contributed by atoms with Crippen LogP contribution in [0.2, 0.25) is 0 Å². The standard InChI is InChI=1S/C19H19NO/c21-19(10-4-8-15-6-2-1-3-7-15)17-12-11-16-9-5-13-20-18(16)14-17/h1-3,5-7,9,11-14,19,21H,4,8,10H2. The van der Waals surface area contributed by atoms with E-state index in [1.807, 2.05) is 36.4 Å². The maximum atomic E-state index is 10.3. The van der Waals surface area contributed by atoms with Crippen LogP contribution < -0.4 is 0 Å². The Labute approximate surface area is 125 Å². The van der Waals surface area contributed by atoms with Crippen LogP contribution in [-0.4, -0.2) is 10.1 Å². The van der Waals surface area contributed by atoms with Crippen molar-refractivity contribution >= 4 is 10.9 Å². The molecule has 1 heterocycles. The van der Waals surface area contributed by atoms with Gasteiger partial charge in [-0.25, -0.2) is 0 Å². The van der Waals surface area contributed by atoms with Crippen LogP contribution >= 0.6 is 0 Å². The van der Waals surface area contributed by atoms with Gasteiger partial charge in [0.25, 0.3) is 0 Å². The molecule has 0 saturated heterocycles. The smallest absolute Gasteiger partial charge is 0.0790 e. The van der Waals surface area contributed by atoms with E-state index in [1.165, 1.54) is 5.56 Å². The van der Waals surface area contributed by atoms with E-state index in [0.717, 1.165) is 35.7 Å². The number of fused-ring (bicyclic) bond motifs is 1. The molecule has 106 valence electrons. The Morgan fingerprint density at radius 3 is 2.67 bits per heavy atom. The molecule has 0 saturated carbocycles. The maximum Gasteiger partial charge on any atom is 0.0790 e. The number of rotatable bonds is 5. The number of aliphatic hydroxyl groups is 1. The number of hydrogen-bond donors (Lipinski definition) is 1. The summed E-state index contributed by atoms with van der Waals surface area (Å²) in [7, 11) is 0. The molecule has 0 radical (unpaired) electrons. The van der Waals surface area contributed by atoms with Gasteiger partial charge in [-0.2, -0.15) is 0 Å². The van der Waals surface area contributed by atoms with Crippen LogP contribution in [0.25, 0.3) is 10.9 Å². The molecule has 2 nitrogen and oxygen atoms in total. The summed E-state index contributed by atoms with van der Waals surface area (Å²) in [5.74, 6) is 0. The Morgan fingerprint density at radius 2 is 1.81 bits per heavy atom. The van der Waals surface area contributed by atoms with Crippen molar-refractivity contribution in [3.63, 3.8) is 0 Å². The second-order valence-corrected chi connectivity index (χ2v) is 5.35. The van der Waals surface area contributed by atoms with E-state index in [1.54, 1.807) is 6.20 Å². The second kappa shape index (κ2) is 6.51. The van der Waals surface area contributed by atoms with Crippen LogP contribution in [0.5, 0.6) is 0 Å². The third kappa shape index (κ3) is 3.47. The van der Waals surface area contributed by atoms with E-state index in [4.69, 9.17) is 0 Å². The highest BCUT2D eigenvalue weighted by molar-refractivity contribution is 5.78. The van der Waals surface area contributed by atoms with Crippen LogP contribution in [0, 0.1) is 0 Å². The highest BCUT2D eigenvalue weighted by Crippen LogP contribution is 2.23. The summed E-state index contributed by atoms with van der Waals surface area (Å²) in [4.78, 5) is 4.34. The Morgan fingerprint density at radius 1 is 0.952 bits per heavy atom. The summed E-state index contributed by atoms with van der Waals surface area (Å²) in [5.41, 5.74) is 3.22. The first-order valence-electron chi connectivity index (χ1n) is 7.39. The van der Waals surface area contributed by atoms with Gasteiger partial charge in [-0.3, -0.25) is 4.98 Å². The molecule has 1 atom stereocenters. The van der Waals surface area contributed by atoms with E-state index < -0.39 is 6.10 Å². The minimum Gasteiger partial charge on any atom is -0.388 e. The minimum atomic E-state index is -0.417. The molecule has 0 aliphatic carbocycles. The van der Waals surface area contributed by atoms with Gasteiger partial charge in [0.05, 0.1) is 11.6 Å². The minimum absolute atomic E-state index is 0.417. The van der Waals surface area contributed by atoms with Gasteiger partial charge in [0.15, 0.2) is 0 Å². The zero-order valence-corrected chi connectivity index (χ0v) is 11.9. The SMILES string of the molecule is OC(CCCc1ccccc1)c1ccc2cccnc2c1. The lowest BCUT2D eigenvalue weighted by Gasteiger charge is -2.11. The van der Waals surface area contributed by atoms with Gasteiger partial charge in [0.1, 0.15) is 0 Å². The number of nitrogens with zero attached hydrogens (tertiary/aromatic N) is 1. The van der Waals surface area contributed by atoms with Gasteiger partial charge in [-0.05, 0) is 42.5 Å². The number of aromatic nitrogens is 1. The van der Waals surface area contributed by atoms with E-state index in [-0.39, 0.29) is 0 Å². The second-order valence-electron chi connectivity index (χ2n) is 5.35. The number of aryl methyl sites for hydroxylation is 1. The molecule has 1 N–H and O–H groups in total. The Kier molecular flexibility index (Phi) is 4.27. The van der Waals surface area contributed by atoms with Crippen molar-refractivity contribution in [3.8, 4) is 0 Å². The van der Waals surface area contributed by atoms with Crippen molar-refractivity contribution in [2.75, 3.05) is 0 Å². The third-order valence-electron chi connectivity index (χ3n) is 3.80. The van der Waals surface area contributed by atoms with Crippen molar-refractivity contribution in [1.82, 2.24) is 4.98 Å².